The number of hydrogen-bond acceptors (Lipinski definition) is 4. The van der Waals surface area contributed by atoms with Gasteiger partial charge >= 0.3 is 0 Å². The van der Waals surface area contributed by atoms with E-state index in [9.17, 15) is 18.4 Å². The monoisotopic (exact) mass is 481 g/mol. The molecule has 2 fully saturated rings. The molecule has 2 aliphatic heterocycles. The molecule has 0 bridgehead atoms. The predicted molar refractivity (Wildman–Crippen MR) is 127 cm³/mol. The Labute approximate surface area is 202 Å². The summed E-state index contributed by atoms with van der Waals surface area (Å²) in [6.45, 7) is 4.28. The van der Waals surface area contributed by atoms with Gasteiger partial charge in [-0.2, -0.15) is 0 Å². The van der Waals surface area contributed by atoms with Gasteiger partial charge in [0.2, 0.25) is 5.91 Å². The molecule has 0 aliphatic carbocycles. The number of rotatable bonds is 5. The average molecular weight is 482 g/mol. The van der Waals surface area contributed by atoms with Gasteiger partial charge in [-0.05, 0) is 69.1 Å². The number of benzene rings is 1. The second-order valence-electron chi connectivity index (χ2n) is 9.49. The SMILES string of the molecule is C[C@H](C(=O)N[C@@H]1CN(C(=O)c2cccn3cncc23)CC[C@H]1c1cc(F)cc(F)c1)N1CCCC1. The third-order valence-corrected chi connectivity index (χ3v) is 7.29. The lowest BCUT2D eigenvalue weighted by atomic mass is 9.84. The van der Waals surface area contributed by atoms with Gasteiger partial charge in [0.15, 0.2) is 0 Å². The number of halogens is 2. The number of carbonyl (C=O) groups is 2. The van der Waals surface area contributed by atoms with Crippen LogP contribution in [0.5, 0.6) is 0 Å². The molecule has 2 aliphatic rings. The van der Waals surface area contributed by atoms with Crippen LogP contribution in [0.3, 0.4) is 0 Å². The van der Waals surface area contributed by atoms with E-state index in [4.69, 9.17) is 0 Å². The average Bonchev–Trinajstić information content (AvgIpc) is 3.54. The smallest absolute Gasteiger partial charge is 0.256 e. The summed E-state index contributed by atoms with van der Waals surface area (Å²) in [6.07, 6.45) is 7.71. The van der Waals surface area contributed by atoms with Crippen LogP contribution in [0.4, 0.5) is 8.78 Å². The molecule has 2 aromatic heterocycles. The molecular weight excluding hydrogens is 452 g/mol. The topological polar surface area (TPSA) is 70.0 Å². The first-order chi connectivity index (χ1) is 16.9. The van der Waals surface area contributed by atoms with Crippen LogP contribution in [0.1, 0.15) is 48.0 Å². The van der Waals surface area contributed by atoms with Crippen LogP contribution in [0.2, 0.25) is 0 Å². The van der Waals surface area contributed by atoms with Crippen LogP contribution >= 0.6 is 0 Å². The summed E-state index contributed by atoms with van der Waals surface area (Å²) in [5.41, 5.74) is 1.72. The molecular formula is C26H29F2N5O2. The van der Waals surface area contributed by atoms with Gasteiger partial charge in [0, 0.05) is 31.3 Å². The predicted octanol–water partition coefficient (Wildman–Crippen LogP) is 3.21. The minimum absolute atomic E-state index is 0.133. The molecule has 35 heavy (non-hydrogen) atoms. The molecule has 0 unspecified atom stereocenters. The molecule has 3 atom stereocenters. The lowest BCUT2D eigenvalue weighted by molar-refractivity contribution is -0.126. The summed E-state index contributed by atoms with van der Waals surface area (Å²) in [6, 6.07) is 6.25. The van der Waals surface area contributed by atoms with Crippen molar-refractivity contribution < 1.29 is 18.4 Å². The summed E-state index contributed by atoms with van der Waals surface area (Å²) in [5, 5.41) is 3.11. The summed E-state index contributed by atoms with van der Waals surface area (Å²) in [4.78, 5) is 34.6. The number of carbonyl (C=O) groups excluding carboxylic acids is 2. The zero-order chi connectivity index (χ0) is 24.5. The van der Waals surface area contributed by atoms with Crippen LogP contribution in [-0.4, -0.2) is 69.3 Å². The van der Waals surface area contributed by atoms with Crippen molar-refractivity contribution in [2.75, 3.05) is 26.2 Å². The maximum atomic E-state index is 14.0. The second kappa shape index (κ2) is 9.73. The number of pyridine rings is 1. The Hall–Kier alpha value is -3.33. The second-order valence-corrected chi connectivity index (χ2v) is 9.49. The highest BCUT2D eigenvalue weighted by Gasteiger charge is 2.36. The Balaban J connectivity index is 1.41. The van der Waals surface area contributed by atoms with Gasteiger partial charge < -0.3 is 14.6 Å². The van der Waals surface area contributed by atoms with Crippen molar-refractivity contribution in [1.82, 2.24) is 24.5 Å². The number of hydrogen-bond donors (Lipinski definition) is 1. The van der Waals surface area contributed by atoms with E-state index < -0.39 is 17.7 Å². The maximum Gasteiger partial charge on any atom is 0.256 e. The summed E-state index contributed by atoms with van der Waals surface area (Å²) < 4.78 is 29.9. The van der Waals surface area contributed by atoms with Crippen molar-refractivity contribution >= 4 is 17.3 Å². The van der Waals surface area contributed by atoms with Gasteiger partial charge in [-0.15, -0.1) is 0 Å². The van der Waals surface area contributed by atoms with Crippen molar-refractivity contribution in [3.05, 3.63) is 71.8 Å². The van der Waals surface area contributed by atoms with E-state index >= 15 is 0 Å². The van der Waals surface area contributed by atoms with Crippen molar-refractivity contribution in [3.63, 3.8) is 0 Å². The van der Waals surface area contributed by atoms with Crippen LogP contribution < -0.4 is 5.32 Å². The van der Waals surface area contributed by atoms with Crippen LogP contribution in [0.25, 0.3) is 5.52 Å². The summed E-state index contributed by atoms with van der Waals surface area (Å²) in [5.74, 6) is -1.91. The fourth-order valence-corrected chi connectivity index (χ4v) is 5.37. The first-order valence-corrected chi connectivity index (χ1v) is 12.1. The number of piperidine rings is 1. The van der Waals surface area contributed by atoms with Gasteiger partial charge in [-0.1, -0.05) is 0 Å². The van der Waals surface area contributed by atoms with E-state index in [0.29, 0.717) is 29.6 Å². The van der Waals surface area contributed by atoms with Gasteiger partial charge in [0.05, 0.1) is 35.7 Å². The Bertz CT molecular complexity index is 1220. The molecule has 2 saturated heterocycles. The lowest BCUT2D eigenvalue weighted by Gasteiger charge is -2.40. The van der Waals surface area contributed by atoms with Crippen molar-refractivity contribution in [2.24, 2.45) is 0 Å². The van der Waals surface area contributed by atoms with Crippen molar-refractivity contribution in [1.29, 1.82) is 0 Å². The van der Waals surface area contributed by atoms with Gasteiger partial charge in [-0.3, -0.25) is 14.5 Å². The molecule has 7 nitrogen and oxygen atoms in total. The number of amides is 2. The molecule has 0 radical (unpaired) electrons. The fraction of sp³-hybridized carbons (Fsp3) is 0.423. The Kier molecular flexibility index (Phi) is 6.51. The Morgan fingerprint density at radius 1 is 1.11 bits per heavy atom. The molecule has 0 spiro atoms. The third-order valence-electron chi connectivity index (χ3n) is 7.29. The van der Waals surface area contributed by atoms with E-state index in [-0.39, 0.29) is 30.3 Å². The number of nitrogens with one attached hydrogen (secondary N) is 1. The van der Waals surface area contributed by atoms with Crippen LogP contribution in [0, 0.1) is 11.6 Å². The molecule has 0 saturated carbocycles. The maximum absolute atomic E-state index is 14.0. The molecule has 2 amide bonds. The molecule has 1 N–H and O–H groups in total. The largest absolute Gasteiger partial charge is 0.350 e. The molecule has 184 valence electrons. The summed E-state index contributed by atoms with van der Waals surface area (Å²) >= 11 is 0. The van der Waals surface area contributed by atoms with Gasteiger partial charge in [-0.25, -0.2) is 13.8 Å². The number of nitrogens with zero attached hydrogens (tertiary/aromatic N) is 4. The Morgan fingerprint density at radius 2 is 1.86 bits per heavy atom. The highest BCUT2D eigenvalue weighted by atomic mass is 19.1. The van der Waals surface area contributed by atoms with E-state index in [1.54, 1.807) is 34.0 Å². The minimum atomic E-state index is -0.651. The van der Waals surface area contributed by atoms with Crippen LogP contribution in [-0.2, 0) is 4.79 Å². The molecule has 3 aromatic rings. The molecule has 1 aromatic carbocycles. The van der Waals surface area contributed by atoms with Crippen molar-refractivity contribution in [3.8, 4) is 0 Å². The van der Waals surface area contributed by atoms with E-state index in [0.717, 1.165) is 32.0 Å². The fourth-order valence-electron chi connectivity index (χ4n) is 5.37. The number of likely N-dealkylation sites (tertiary alicyclic amines) is 2. The zero-order valence-electron chi connectivity index (χ0n) is 19.7. The van der Waals surface area contributed by atoms with E-state index in [1.807, 2.05) is 13.1 Å². The number of fused-ring (bicyclic) bond motifs is 1. The first-order valence-electron chi connectivity index (χ1n) is 12.1. The van der Waals surface area contributed by atoms with E-state index in [1.165, 1.54) is 12.1 Å². The normalized spacial score (nSPS) is 21.9. The third kappa shape index (κ3) is 4.77. The first kappa shape index (κ1) is 23.4. The molecule has 5 rings (SSSR count). The minimum Gasteiger partial charge on any atom is -0.350 e. The highest BCUT2D eigenvalue weighted by molar-refractivity contribution is 6.00. The van der Waals surface area contributed by atoms with E-state index in [2.05, 4.69) is 15.2 Å². The van der Waals surface area contributed by atoms with Gasteiger partial charge in [0.1, 0.15) is 11.6 Å². The highest BCUT2D eigenvalue weighted by Crippen LogP contribution is 2.31. The molecule has 9 heteroatoms. The number of imidazole rings is 1. The van der Waals surface area contributed by atoms with Crippen LogP contribution in [0.15, 0.2) is 49.1 Å². The number of aromatic nitrogens is 2. The Morgan fingerprint density at radius 3 is 2.60 bits per heavy atom. The zero-order valence-corrected chi connectivity index (χ0v) is 19.7. The standard InChI is InChI=1S/C26H29F2N5O2/c1-17(31-7-2-3-8-31)25(34)30-23-15-32(10-6-21(23)18-11-19(27)13-20(28)12-18)26(35)22-5-4-9-33-16-29-14-24(22)33/h4-5,9,11-14,16-17,21,23H,2-3,6-8,10,15H2,1H3,(H,30,34)/t17-,21+,23-/m1/s1. The summed E-state index contributed by atoms with van der Waals surface area (Å²) in [7, 11) is 0. The quantitative estimate of drug-likeness (QED) is 0.608. The lowest BCUT2D eigenvalue weighted by Crippen LogP contribution is -2.56. The van der Waals surface area contributed by atoms with Gasteiger partial charge in [0.25, 0.3) is 5.91 Å². The van der Waals surface area contributed by atoms with Crippen molar-refractivity contribution in [2.45, 2.75) is 44.2 Å². The molecule has 4 heterocycles.